The number of nitrogens with one attached hydrogen (secondary N) is 3. The van der Waals surface area contributed by atoms with Gasteiger partial charge >= 0.3 is 0 Å². The van der Waals surface area contributed by atoms with Crippen LogP contribution in [0.2, 0.25) is 0 Å². The highest BCUT2D eigenvalue weighted by Crippen LogP contribution is 2.42. The number of guanidine groups is 1. The van der Waals surface area contributed by atoms with Crippen molar-refractivity contribution in [3.63, 3.8) is 0 Å². The smallest absolute Gasteiger partial charge is 0.227 e. The summed E-state index contributed by atoms with van der Waals surface area (Å²) in [5.74, 6) is 1.30. The minimum absolute atomic E-state index is 0.0555. The van der Waals surface area contributed by atoms with E-state index in [0.717, 1.165) is 18.2 Å². The number of hydrogen-bond donors (Lipinski definition) is 3. The first-order valence-electron chi connectivity index (χ1n) is 8.75. The Kier molecular flexibility index (Phi) is 6.58. The summed E-state index contributed by atoms with van der Waals surface area (Å²) in [7, 11) is 1.76. The topological polar surface area (TPSA) is 78.4 Å². The zero-order valence-corrected chi connectivity index (χ0v) is 15.0. The number of rotatable bonds is 7. The van der Waals surface area contributed by atoms with Crippen LogP contribution in [0.15, 0.2) is 23.2 Å². The second-order valence-electron chi connectivity index (χ2n) is 6.52. The van der Waals surface area contributed by atoms with E-state index in [-0.39, 0.29) is 5.91 Å². The monoisotopic (exact) mass is 331 g/mol. The quantitative estimate of drug-likeness (QED) is 0.530. The number of aryl methyl sites for hydroxylation is 1. The SMILES string of the molecule is CCC1(CNC(=NC)NCCC(=O)Nc2cccc(C)n2)CCC1. The normalized spacial score (nSPS) is 16.2. The molecule has 0 spiro atoms. The van der Waals surface area contributed by atoms with E-state index < -0.39 is 0 Å². The Morgan fingerprint density at radius 1 is 1.33 bits per heavy atom. The van der Waals surface area contributed by atoms with Gasteiger partial charge in [-0.05, 0) is 43.7 Å². The molecular formula is C18H29N5O. The van der Waals surface area contributed by atoms with Crippen LogP contribution in [0.3, 0.4) is 0 Å². The van der Waals surface area contributed by atoms with Crippen molar-refractivity contribution in [1.82, 2.24) is 15.6 Å². The summed E-state index contributed by atoms with van der Waals surface area (Å²) in [5, 5.41) is 9.40. The molecule has 0 atom stereocenters. The fraction of sp³-hybridized carbons (Fsp3) is 0.611. The fourth-order valence-electron chi connectivity index (χ4n) is 2.94. The number of pyridine rings is 1. The maximum absolute atomic E-state index is 12.0. The number of nitrogens with zero attached hydrogens (tertiary/aromatic N) is 2. The molecule has 1 aromatic heterocycles. The van der Waals surface area contributed by atoms with Crippen LogP contribution in [0.5, 0.6) is 0 Å². The predicted molar refractivity (Wildman–Crippen MR) is 98.2 cm³/mol. The molecular weight excluding hydrogens is 302 g/mol. The van der Waals surface area contributed by atoms with Gasteiger partial charge in [-0.1, -0.05) is 19.4 Å². The molecule has 3 N–H and O–H groups in total. The summed E-state index contributed by atoms with van der Waals surface area (Å²) in [4.78, 5) is 20.5. The lowest BCUT2D eigenvalue weighted by atomic mass is 9.67. The summed E-state index contributed by atoms with van der Waals surface area (Å²) in [6.07, 6.45) is 5.48. The zero-order valence-electron chi connectivity index (χ0n) is 15.0. The minimum Gasteiger partial charge on any atom is -0.356 e. The molecule has 0 radical (unpaired) electrons. The Balaban J connectivity index is 1.68. The highest BCUT2D eigenvalue weighted by Gasteiger charge is 2.34. The van der Waals surface area contributed by atoms with E-state index in [1.807, 2.05) is 19.1 Å². The van der Waals surface area contributed by atoms with Crippen LogP contribution in [0.4, 0.5) is 5.82 Å². The molecule has 6 heteroatoms. The summed E-state index contributed by atoms with van der Waals surface area (Å²) in [6, 6.07) is 5.58. The van der Waals surface area contributed by atoms with Crippen molar-refractivity contribution in [1.29, 1.82) is 0 Å². The molecule has 1 aliphatic rings. The van der Waals surface area contributed by atoms with E-state index >= 15 is 0 Å². The van der Waals surface area contributed by atoms with Crippen molar-refractivity contribution in [2.45, 2.75) is 46.0 Å². The van der Waals surface area contributed by atoms with Crippen LogP contribution in [-0.4, -0.2) is 37.0 Å². The Morgan fingerprint density at radius 3 is 2.71 bits per heavy atom. The standard InChI is InChI=1S/C18H29N5O/c1-4-18(10-6-11-18)13-21-17(19-3)20-12-9-16(24)23-15-8-5-7-14(2)22-15/h5,7-8H,4,6,9-13H2,1-3H3,(H2,19,20,21)(H,22,23,24). The van der Waals surface area contributed by atoms with Gasteiger partial charge in [0.2, 0.25) is 5.91 Å². The highest BCUT2D eigenvalue weighted by atomic mass is 16.1. The summed E-state index contributed by atoms with van der Waals surface area (Å²) >= 11 is 0. The number of carbonyl (C=O) groups is 1. The molecule has 0 unspecified atom stereocenters. The molecule has 132 valence electrons. The predicted octanol–water partition coefficient (Wildman–Crippen LogP) is 2.46. The van der Waals surface area contributed by atoms with Crippen molar-refractivity contribution in [2.24, 2.45) is 10.4 Å². The third-order valence-corrected chi connectivity index (χ3v) is 4.82. The molecule has 2 rings (SSSR count). The van der Waals surface area contributed by atoms with E-state index in [2.05, 4.69) is 32.9 Å². The van der Waals surface area contributed by atoms with Gasteiger partial charge in [0.05, 0.1) is 0 Å². The van der Waals surface area contributed by atoms with Gasteiger partial charge < -0.3 is 16.0 Å². The van der Waals surface area contributed by atoms with Crippen molar-refractivity contribution in [2.75, 3.05) is 25.5 Å². The molecule has 0 aromatic carbocycles. The molecule has 1 fully saturated rings. The van der Waals surface area contributed by atoms with E-state index in [0.29, 0.717) is 24.2 Å². The number of anilines is 1. The molecule has 1 heterocycles. The van der Waals surface area contributed by atoms with Crippen LogP contribution >= 0.6 is 0 Å². The zero-order chi connectivity index (χ0) is 17.4. The van der Waals surface area contributed by atoms with Gasteiger partial charge in [0, 0.05) is 32.3 Å². The van der Waals surface area contributed by atoms with E-state index in [1.54, 1.807) is 13.1 Å². The van der Waals surface area contributed by atoms with Crippen molar-refractivity contribution < 1.29 is 4.79 Å². The molecule has 1 aromatic rings. The van der Waals surface area contributed by atoms with Crippen molar-refractivity contribution in [3.05, 3.63) is 23.9 Å². The average molecular weight is 331 g/mol. The van der Waals surface area contributed by atoms with Crippen LogP contribution < -0.4 is 16.0 Å². The van der Waals surface area contributed by atoms with Crippen LogP contribution in [0, 0.1) is 12.3 Å². The summed E-state index contributed by atoms with van der Waals surface area (Å²) < 4.78 is 0. The lowest BCUT2D eigenvalue weighted by Gasteiger charge is -2.41. The highest BCUT2D eigenvalue weighted by molar-refractivity contribution is 5.90. The van der Waals surface area contributed by atoms with E-state index in [4.69, 9.17) is 0 Å². The number of carbonyl (C=O) groups excluding carboxylic acids is 1. The van der Waals surface area contributed by atoms with Crippen LogP contribution in [-0.2, 0) is 4.79 Å². The Morgan fingerprint density at radius 2 is 2.12 bits per heavy atom. The molecule has 6 nitrogen and oxygen atoms in total. The Hall–Kier alpha value is -2.11. The van der Waals surface area contributed by atoms with Crippen LogP contribution in [0.25, 0.3) is 0 Å². The van der Waals surface area contributed by atoms with Crippen molar-refractivity contribution in [3.8, 4) is 0 Å². The largest absolute Gasteiger partial charge is 0.356 e. The van der Waals surface area contributed by atoms with Gasteiger partial charge in [-0.3, -0.25) is 9.79 Å². The van der Waals surface area contributed by atoms with Gasteiger partial charge in [-0.2, -0.15) is 0 Å². The Bertz CT molecular complexity index is 575. The first-order valence-corrected chi connectivity index (χ1v) is 8.75. The lowest BCUT2D eigenvalue weighted by Crippen LogP contribution is -2.46. The van der Waals surface area contributed by atoms with E-state index in [9.17, 15) is 4.79 Å². The summed E-state index contributed by atoms with van der Waals surface area (Å²) in [5.41, 5.74) is 1.32. The molecule has 1 amide bonds. The Labute approximate surface area is 144 Å². The molecule has 1 saturated carbocycles. The maximum atomic E-state index is 12.0. The fourth-order valence-corrected chi connectivity index (χ4v) is 2.94. The number of amides is 1. The molecule has 24 heavy (non-hydrogen) atoms. The van der Waals surface area contributed by atoms with Gasteiger partial charge in [-0.15, -0.1) is 0 Å². The molecule has 0 saturated heterocycles. The molecule has 0 bridgehead atoms. The van der Waals surface area contributed by atoms with Gasteiger partial charge in [0.1, 0.15) is 5.82 Å². The summed E-state index contributed by atoms with van der Waals surface area (Å²) in [6.45, 7) is 5.64. The first-order chi connectivity index (χ1) is 11.6. The third-order valence-electron chi connectivity index (χ3n) is 4.82. The van der Waals surface area contributed by atoms with E-state index in [1.165, 1.54) is 25.7 Å². The van der Waals surface area contributed by atoms with Crippen LogP contribution in [0.1, 0.15) is 44.7 Å². The first kappa shape index (κ1) is 18.2. The average Bonchev–Trinajstić information content (AvgIpc) is 2.52. The third kappa shape index (κ3) is 5.22. The minimum atomic E-state index is -0.0555. The molecule has 0 aliphatic heterocycles. The lowest BCUT2D eigenvalue weighted by molar-refractivity contribution is -0.116. The van der Waals surface area contributed by atoms with Crippen molar-refractivity contribution >= 4 is 17.7 Å². The van der Waals surface area contributed by atoms with Gasteiger partial charge in [-0.25, -0.2) is 4.98 Å². The maximum Gasteiger partial charge on any atom is 0.227 e. The molecule has 1 aliphatic carbocycles. The number of aliphatic imine (C=N–C) groups is 1. The second kappa shape index (κ2) is 8.66. The van der Waals surface area contributed by atoms with Gasteiger partial charge in [0.25, 0.3) is 0 Å². The number of hydrogen-bond acceptors (Lipinski definition) is 3. The van der Waals surface area contributed by atoms with Gasteiger partial charge in [0.15, 0.2) is 5.96 Å². The number of aromatic nitrogens is 1. The second-order valence-corrected chi connectivity index (χ2v) is 6.52.